The van der Waals surface area contributed by atoms with Gasteiger partial charge < -0.3 is 10.4 Å². The van der Waals surface area contributed by atoms with Gasteiger partial charge in [0.05, 0.1) is 12.1 Å². The molecule has 0 saturated heterocycles. The Labute approximate surface area is 123 Å². The van der Waals surface area contributed by atoms with Crippen LogP contribution in [0.5, 0.6) is 0 Å². The van der Waals surface area contributed by atoms with E-state index in [-0.39, 0.29) is 12.1 Å². The molecule has 1 aliphatic carbocycles. The SMILES string of the molecule is CCC(CO)(NC1CCCCCC1)c1ccc(C)cc1. The molecule has 0 aliphatic heterocycles. The minimum absolute atomic E-state index is 0.170. The van der Waals surface area contributed by atoms with E-state index in [0.29, 0.717) is 6.04 Å². The van der Waals surface area contributed by atoms with Gasteiger partial charge in [0.1, 0.15) is 0 Å². The molecule has 2 N–H and O–H groups in total. The lowest BCUT2D eigenvalue weighted by Crippen LogP contribution is -2.50. The first kappa shape index (κ1) is 15.5. The highest BCUT2D eigenvalue weighted by Gasteiger charge is 2.32. The molecule has 1 aromatic rings. The van der Waals surface area contributed by atoms with Crippen LogP contribution in [0.4, 0.5) is 0 Å². The molecule has 0 heterocycles. The Bertz CT molecular complexity index is 386. The van der Waals surface area contributed by atoms with Crippen molar-refractivity contribution in [3.05, 3.63) is 35.4 Å². The topological polar surface area (TPSA) is 32.3 Å². The summed E-state index contributed by atoms with van der Waals surface area (Å²) >= 11 is 0. The van der Waals surface area contributed by atoms with Crippen LogP contribution < -0.4 is 5.32 Å². The second-order valence-electron chi connectivity index (χ2n) is 6.29. The quantitative estimate of drug-likeness (QED) is 0.799. The normalized spacial score (nSPS) is 20.4. The molecule has 1 aliphatic rings. The van der Waals surface area contributed by atoms with E-state index in [1.54, 1.807) is 0 Å². The maximum Gasteiger partial charge on any atom is 0.0668 e. The van der Waals surface area contributed by atoms with Crippen LogP contribution in [0.1, 0.15) is 63.0 Å². The summed E-state index contributed by atoms with van der Waals surface area (Å²) < 4.78 is 0. The number of aryl methyl sites for hydroxylation is 1. The summed E-state index contributed by atoms with van der Waals surface area (Å²) in [5.41, 5.74) is 2.21. The van der Waals surface area contributed by atoms with Crippen molar-refractivity contribution in [1.29, 1.82) is 0 Å². The third-order valence-corrected chi connectivity index (χ3v) is 4.81. The van der Waals surface area contributed by atoms with Crippen LogP contribution in [0, 0.1) is 6.92 Å². The van der Waals surface area contributed by atoms with Gasteiger partial charge in [-0.15, -0.1) is 0 Å². The summed E-state index contributed by atoms with van der Waals surface area (Å²) in [7, 11) is 0. The van der Waals surface area contributed by atoms with Crippen molar-refractivity contribution >= 4 is 0 Å². The number of rotatable bonds is 5. The highest BCUT2D eigenvalue weighted by Crippen LogP contribution is 2.28. The first-order valence-corrected chi connectivity index (χ1v) is 8.16. The van der Waals surface area contributed by atoms with Gasteiger partial charge in [0.15, 0.2) is 0 Å². The van der Waals surface area contributed by atoms with Gasteiger partial charge in [-0.05, 0) is 31.7 Å². The van der Waals surface area contributed by atoms with Crippen molar-refractivity contribution in [2.45, 2.75) is 70.4 Å². The maximum absolute atomic E-state index is 10.0. The van der Waals surface area contributed by atoms with Crippen molar-refractivity contribution in [1.82, 2.24) is 5.32 Å². The van der Waals surface area contributed by atoms with Crippen molar-refractivity contribution < 1.29 is 5.11 Å². The van der Waals surface area contributed by atoms with Gasteiger partial charge in [0, 0.05) is 6.04 Å². The van der Waals surface area contributed by atoms with Gasteiger partial charge in [0.25, 0.3) is 0 Å². The third-order valence-electron chi connectivity index (χ3n) is 4.81. The summed E-state index contributed by atoms with van der Waals surface area (Å²) in [6.45, 7) is 4.44. The first-order chi connectivity index (χ1) is 9.70. The summed E-state index contributed by atoms with van der Waals surface area (Å²) in [5.74, 6) is 0. The van der Waals surface area contributed by atoms with Crippen LogP contribution >= 0.6 is 0 Å². The summed E-state index contributed by atoms with van der Waals surface area (Å²) in [6.07, 6.45) is 8.76. The molecule has 1 unspecified atom stereocenters. The van der Waals surface area contributed by atoms with E-state index >= 15 is 0 Å². The zero-order valence-corrected chi connectivity index (χ0v) is 13.0. The highest BCUT2D eigenvalue weighted by atomic mass is 16.3. The highest BCUT2D eigenvalue weighted by molar-refractivity contribution is 5.28. The summed E-state index contributed by atoms with van der Waals surface area (Å²) in [6, 6.07) is 9.16. The second kappa shape index (κ2) is 7.24. The Kier molecular flexibility index (Phi) is 5.62. The number of hydrogen-bond donors (Lipinski definition) is 2. The fraction of sp³-hybridized carbons (Fsp3) is 0.667. The Morgan fingerprint density at radius 1 is 1.10 bits per heavy atom. The molecule has 2 rings (SSSR count). The van der Waals surface area contributed by atoms with Gasteiger partial charge >= 0.3 is 0 Å². The molecule has 0 bridgehead atoms. The molecule has 0 aromatic heterocycles. The third kappa shape index (κ3) is 3.62. The average molecular weight is 275 g/mol. The number of hydrogen-bond acceptors (Lipinski definition) is 2. The molecule has 1 fully saturated rings. The van der Waals surface area contributed by atoms with Crippen molar-refractivity contribution in [2.24, 2.45) is 0 Å². The second-order valence-corrected chi connectivity index (χ2v) is 6.29. The average Bonchev–Trinajstić information content (AvgIpc) is 2.74. The Morgan fingerprint density at radius 3 is 2.20 bits per heavy atom. The van der Waals surface area contributed by atoms with Gasteiger partial charge in [-0.1, -0.05) is 62.4 Å². The van der Waals surface area contributed by atoms with E-state index in [0.717, 1.165) is 6.42 Å². The van der Waals surface area contributed by atoms with Crippen molar-refractivity contribution in [3.63, 3.8) is 0 Å². The molecule has 0 amide bonds. The Morgan fingerprint density at radius 2 is 1.70 bits per heavy atom. The zero-order valence-electron chi connectivity index (χ0n) is 13.0. The fourth-order valence-electron chi connectivity index (χ4n) is 3.33. The van der Waals surface area contributed by atoms with Gasteiger partial charge in [0.2, 0.25) is 0 Å². The van der Waals surface area contributed by atoms with Crippen LogP contribution in [0.25, 0.3) is 0 Å². The number of nitrogens with one attached hydrogen (secondary N) is 1. The lowest BCUT2D eigenvalue weighted by molar-refractivity contribution is 0.137. The number of aliphatic hydroxyl groups is 1. The minimum Gasteiger partial charge on any atom is -0.394 e. The standard InChI is InChI=1S/C18H29NO/c1-3-18(14-20,16-12-10-15(2)11-13-16)19-17-8-6-4-5-7-9-17/h10-13,17,19-20H,3-9,14H2,1-2H3. The molecule has 0 radical (unpaired) electrons. The van der Waals surface area contributed by atoms with Crippen LogP contribution in [0.2, 0.25) is 0 Å². The summed E-state index contributed by atoms with van der Waals surface area (Å²) in [4.78, 5) is 0. The Hall–Kier alpha value is -0.860. The van der Waals surface area contributed by atoms with E-state index in [2.05, 4.69) is 43.4 Å². The molecule has 2 nitrogen and oxygen atoms in total. The van der Waals surface area contributed by atoms with Gasteiger partial charge in [-0.3, -0.25) is 0 Å². The lowest BCUT2D eigenvalue weighted by atomic mass is 9.86. The number of benzene rings is 1. The van der Waals surface area contributed by atoms with Crippen LogP contribution in [-0.2, 0) is 5.54 Å². The van der Waals surface area contributed by atoms with Crippen LogP contribution in [-0.4, -0.2) is 17.8 Å². The largest absolute Gasteiger partial charge is 0.394 e. The molecule has 1 atom stereocenters. The lowest BCUT2D eigenvalue weighted by Gasteiger charge is -2.37. The van der Waals surface area contributed by atoms with Crippen LogP contribution in [0.3, 0.4) is 0 Å². The monoisotopic (exact) mass is 275 g/mol. The predicted molar refractivity (Wildman–Crippen MR) is 84.9 cm³/mol. The molecule has 0 spiro atoms. The molecular weight excluding hydrogens is 246 g/mol. The van der Waals surface area contributed by atoms with E-state index in [9.17, 15) is 5.11 Å². The fourth-order valence-corrected chi connectivity index (χ4v) is 3.33. The van der Waals surface area contributed by atoms with Crippen molar-refractivity contribution in [3.8, 4) is 0 Å². The van der Waals surface area contributed by atoms with E-state index in [1.165, 1.54) is 49.7 Å². The Balaban J connectivity index is 2.17. The predicted octanol–water partition coefficient (Wildman–Crippen LogP) is 3.91. The van der Waals surface area contributed by atoms with Gasteiger partial charge in [-0.25, -0.2) is 0 Å². The first-order valence-electron chi connectivity index (χ1n) is 8.16. The molecule has 1 aromatic carbocycles. The molecule has 112 valence electrons. The molecular formula is C18H29NO. The van der Waals surface area contributed by atoms with E-state index in [4.69, 9.17) is 0 Å². The molecule has 20 heavy (non-hydrogen) atoms. The van der Waals surface area contributed by atoms with E-state index in [1.807, 2.05) is 0 Å². The minimum atomic E-state index is -0.275. The van der Waals surface area contributed by atoms with Gasteiger partial charge in [-0.2, -0.15) is 0 Å². The molecule has 1 saturated carbocycles. The van der Waals surface area contributed by atoms with E-state index < -0.39 is 0 Å². The molecule has 2 heteroatoms. The maximum atomic E-state index is 10.0. The smallest absolute Gasteiger partial charge is 0.0668 e. The summed E-state index contributed by atoms with van der Waals surface area (Å²) in [5, 5.41) is 13.8. The van der Waals surface area contributed by atoms with Crippen molar-refractivity contribution in [2.75, 3.05) is 6.61 Å². The number of aliphatic hydroxyl groups excluding tert-OH is 1. The van der Waals surface area contributed by atoms with Crippen LogP contribution in [0.15, 0.2) is 24.3 Å². The zero-order chi connectivity index (χ0) is 14.4.